The molecule has 0 radical (unpaired) electrons. The SMILES string of the molecule is COC(=O)C1(NC2CC2)CCCC1CCN(C)CC(C)C. The normalized spacial score (nSPS) is 29.3. The van der Waals surface area contributed by atoms with E-state index in [0.29, 0.717) is 17.9 Å². The fraction of sp³-hybridized carbons (Fsp3) is 0.941. The van der Waals surface area contributed by atoms with Crippen molar-refractivity contribution in [1.29, 1.82) is 0 Å². The average molecular weight is 296 g/mol. The maximum absolute atomic E-state index is 12.4. The lowest BCUT2D eigenvalue weighted by Crippen LogP contribution is -2.56. The van der Waals surface area contributed by atoms with Gasteiger partial charge in [0.15, 0.2) is 0 Å². The van der Waals surface area contributed by atoms with E-state index < -0.39 is 5.54 Å². The molecule has 21 heavy (non-hydrogen) atoms. The van der Waals surface area contributed by atoms with E-state index in [4.69, 9.17) is 4.74 Å². The van der Waals surface area contributed by atoms with Crippen LogP contribution >= 0.6 is 0 Å². The molecule has 1 N–H and O–H groups in total. The van der Waals surface area contributed by atoms with E-state index in [-0.39, 0.29) is 5.97 Å². The molecule has 4 heteroatoms. The Bertz CT molecular complexity index is 355. The van der Waals surface area contributed by atoms with Gasteiger partial charge in [-0.1, -0.05) is 20.3 Å². The number of nitrogens with one attached hydrogen (secondary N) is 1. The Labute approximate surface area is 129 Å². The monoisotopic (exact) mass is 296 g/mol. The van der Waals surface area contributed by atoms with Crippen LogP contribution in [-0.4, -0.2) is 49.7 Å². The van der Waals surface area contributed by atoms with Crippen LogP contribution in [-0.2, 0) is 9.53 Å². The molecule has 0 aliphatic heterocycles. The summed E-state index contributed by atoms with van der Waals surface area (Å²) in [6.07, 6.45) is 6.71. The molecule has 0 heterocycles. The number of nitrogens with zero attached hydrogens (tertiary/aromatic N) is 1. The average Bonchev–Trinajstić information content (AvgIpc) is 3.14. The molecule has 2 aliphatic rings. The minimum atomic E-state index is -0.408. The predicted octanol–water partition coefficient (Wildman–Crippen LogP) is 2.43. The predicted molar refractivity (Wildman–Crippen MR) is 85.2 cm³/mol. The molecule has 0 saturated heterocycles. The van der Waals surface area contributed by atoms with Crippen molar-refractivity contribution in [1.82, 2.24) is 10.2 Å². The number of carbonyl (C=O) groups excluding carboxylic acids is 1. The summed E-state index contributed by atoms with van der Waals surface area (Å²) >= 11 is 0. The summed E-state index contributed by atoms with van der Waals surface area (Å²) < 4.78 is 5.15. The number of carbonyl (C=O) groups is 1. The lowest BCUT2D eigenvalue weighted by atomic mass is 9.84. The van der Waals surface area contributed by atoms with Gasteiger partial charge in [-0.15, -0.1) is 0 Å². The van der Waals surface area contributed by atoms with Crippen LogP contribution in [0.15, 0.2) is 0 Å². The maximum atomic E-state index is 12.4. The van der Waals surface area contributed by atoms with Crippen LogP contribution in [0.25, 0.3) is 0 Å². The van der Waals surface area contributed by atoms with E-state index in [1.807, 2.05) is 0 Å². The van der Waals surface area contributed by atoms with Crippen LogP contribution in [0.1, 0.15) is 52.4 Å². The molecule has 2 unspecified atom stereocenters. The molecule has 2 aliphatic carbocycles. The van der Waals surface area contributed by atoms with Crippen molar-refractivity contribution < 1.29 is 9.53 Å². The molecule has 2 atom stereocenters. The Hall–Kier alpha value is -0.610. The van der Waals surface area contributed by atoms with Crippen molar-refractivity contribution in [2.24, 2.45) is 11.8 Å². The van der Waals surface area contributed by atoms with Crippen molar-refractivity contribution in [3.8, 4) is 0 Å². The fourth-order valence-electron chi connectivity index (χ4n) is 3.85. The number of ether oxygens (including phenoxy) is 1. The number of hydrogen-bond acceptors (Lipinski definition) is 4. The third kappa shape index (κ3) is 4.19. The van der Waals surface area contributed by atoms with Gasteiger partial charge in [-0.05, 0) is 57.5 Å². The van der Waals surface area contributed by atoms with Gasteiger partial charge in [-0.2, -0.15) is 0 Å². The summed E-state index contributed by atoms with van der Waals surface area (Å²) in [6.45, 7) is 6.68. The van der Waals surface area contributed by atoms with Crippen molar-refractivity contribution in [3.05, 3.63) is 0 Å². The Morgan fingerprint density at radius 2 is 2.10 bits per heavy atom. The minimum absolute atomic E-state index is 0.0385. The molecule has 0 aromatic carbocycles. The summed E-state index contributed by atoms with van der Waals surface area (Å²) in [5.41, 5.74) is -0.408. The molecule has 2 saturated carbocycles. The van der Waals surface area contributed by atoms with Crippen LogP contribution in [0.2, 0.25) is 0 Å². The van der Waals surface area contributed by atoms with Crippen LogP contribution in [0.4, 0.5) is 0 Å². The standard InChI is InChI=1S/C17H32N2O2/c1-13(2)12-19(3)11-9-14-6-5-10-17(14,16(20)21-4)18-15-7-8-15/h13-15,18H,5-12H2,1-4H3. The van der Waals surface area contributed by atoms with Gasteiger partial charge in [0.25, 0.3) is 0 Å². The number of methoxy groups -OCH3 is 1. The van der Waals surface area contributed by atoms with Crippen LogP contribution in [0.5, 0.6) is 0 Å². The van der Waals surface area contributed by atoms with Gasteiger partial charge in [-0.3, -0.25) is 10.1 Å². The zero-order valence-electron chi connectivity index (χ0n) is 14.2. The maximum Gasteiger partial charge on any atom is 0.326 e. The smallest absolute Gasteiger partial charge is 0.326 e. The highest BCUT2D eigenvalue weighted by Crippen LogP contribution is 2.41. The highest BCUT2D eigenvalue weighted by atomic mass is 16.5. The molecule has 0 spiro atoms. The number of hydrogen-bond donors (Lipinski definition) is 1. The third-order valence-electron chi connectivity index (χ3n) is 4.95. The molecule has 0 aromatic heterocycles. The molecular weight excluding hydrogens is 264 g/mol. The molecule has 2 fully saturated rings. The molecular formula is C17H32N2O2. The van der Waals surface area contributed by atoms with Crippen molar-refractivity contribution >= 4 is 5.97 Å². The zero-order chi connectivity index (χ0) is 15.5. The number of esters is 1. The topological polar surface area (TPSA) is 41.6 Å². The van der Waals surface area contributed by atoms with E-state index in [0.717, 1.165) is 38.8 Å². The second-order valence-electron chi connectivity index (χ2n) is 7.42. The molecule has 2 rings (SSSR count). The van der Waals surface area contributed by atoms with E-state index in [2.05, 4.69) is 31.1 Å². The van der Waals surface area contributed by atoms with E-state index in [1.54, 1.807) is 0 Å². The second-order valence-corrected chi connectivity index (χ2v) is 7.42. The first-order valence-corrected chi connectivity index (χ1v) is 8.52. The third-order valence-corrected chi connectivity index (χ3v) is 4.95. The Balaban J connectivity index is 1.96. The Kier molecular flexibility index (Phi) is 5.67. The summed E-state index contributed by atoms with van der Waals surface area (Å²) in [4.78, 5) is 14.8. The van der Waals surface area contributed by atoms with Gasteiger partial charge in [0.1, 0.15) is 5.54 Å². The lowest BCUT2D eigenvalue weighted by molar-refractivity contribution is -0.150. The fourth-order valence-corrected chi connectivity index (χ4v) is 3.85. The molecule has 0 aromatic rings. The lowest BCUT2D eigenvalue weighted by Gasteiger charge is -2.35. The summed E-state index contributed by atoms with van der Waals surface area (Å²) in [5, 5.41) is 3.64. The number of rotatable bonds is 8. The van der Waals surface area contributed by atoms with Gasteiger partial charge < -0.3 is 9.64 Å². The van der Waals surface area contributed by atoms with Gasteiger partial charge >= 0.3 is 5.97 Å². The zero-order valence-corrected chi connectivity index (χ0v) is 14.2. The van der Waals surface area contributed by atoms with Crippen molar-refractivity contribution in [2.75, 3.05) is 27.2 Å². The Morgan fingerprint density at radius 3 is 2.67 bits per heavy atom. The molecule has 0 amide bonds. The summed E-state index contributed by atoms with van der Waals surface area (Å²) in [6, 6.07) is 0.540. The summed E-state index contributed by atoms with van der Waals surface area (Å²) in [5.74, 6) is 1.07. The molecule has 0 bridgehead atoms. The summed E-state index contributed by atoms with van der Waals surface area (Å²) in [7, 11) is 3.71. The van der Waals surface area contributed by atoms with Crippen LogP contribution in [0, 0.1) is 11.8 Å². The highest BCUT2D eigenvalue weighted by molar-refractivity contribution is 5.81. The van der Waals surface area contributed by atoms with E-state index in [1.165, 1.54) is 20.0 Å². The van der Waals surface area contributed by atoms with E-state index >= 15 is 0 Å². The van der Waals surface area contributed by atoms with Crippen LogP contribution in [0.3, 0.4) is 0 Å². The van der Waals surface area contributed by atoms with Gasteiger partial charge in [0.2, 0.25) is 0 Å². The van der Waals surface area contributed by atoms with Gasteiger partial charge in [0.05, 0.1) is 7.11 Å². The van der Waals surface area contributed by atoms with Gasteiger partial charge in [0, 0.05) is 12.6 Å². The van der Waals surface area contributed by atoms with E-state index in [9.17, 15) is 4.79 Å². The Morgan fingerprint density at radius 1 is 1.38 bits per heavy atom. The van der Waals surface area contributed by atoms with Gasteiger partial charge in [-0.25, -0.2) is 0 Å². The first kappa shape index (κ1) is 16.8. The quantitative estimate of drug-likeness (QED) is 0.699. The largest absolute Gasteiger partial charge is 0.468 e. The second kappa shape index (κ2) is 7.10. The van der Waals surface area contributed by atoms with Crippen LogP contribution < -0.4 is 5.32 Å². The minimum Gasteiger partial charge on any atom is -0.468 e. The highest BCUT2D eigenvalue weighted by Gasteiger charge is 2.51. The molecule has 4 nitrogen and oxygen atoms in total. The molecule has 122 valence electrons. The first-order valence-electron chi connectivity index (χ1n) is 8.52. The first-order chi connectivity index (χ1) is 9.98. The van der Waals surface area contributed by atoms with Crippen molar-refractivity contribution in [3.63, 3.8) is 0 Å². The van der Waals surface area contributed by atoms with Crippen molar-refractivity contribution in [2.45, 2.75) is 64.0 Å².